The van der Waals surface area contributed by atoms with E-state index in [2.05, 4.69) is 17.6 Å². The molecule has 0 aliphatic carbocycles. The maximum Gasteiger partial charge on any atom is 0.141 e. The SMILES string of the molecule is CCCCCCn1c(-c2ccc(Cl)cc2)nc2cc(OC)ccc21. The summed E-state index contributed by atoms with van der Waals surface area (Å²) in [4.78, 5) is 4.86. The molecule has 3 rings (SSSR count). The molecule has 2 aromatic carbocycles. The van der Waals surface area contributed by atoms with E-state index in [1.54, 1.807) is 7.11 Å². The lowest BCUT2D eigenvalue weighted by molar-refractivity contribution is 0.415. The fourth-order valence-corrected chi connectivity index (χ4v) is 3.10. The number of hydrogen-bond donors (Lipinski definition) is 0. The Morgan fingerprint density at radius 2 is 1.83 bits per heavy atom. The first-order chi connectivity index (χ1) is 11.7. The zero-order valence-electron chi connectivity index (χ0n) is 14.3. The van der Waals surface area contributed by atoms with Crippen LogP contribution in [-0.4, -0.2) is 16.7 Å². The highest BCUT2D eigenvalue weighted by Gasteiger charge is 2.13. The van der Waals surface area contributed by atoms with Crippen LogP contribution in [0.4, 0.5) is 0 Å². The molecule has 3 aromatic rings. The molecule has 0 saturated carbocycles. The minimum Gasteiger partial charge on any atom is -0.497 e. The summed E-state index contributed by atoms with van der Waals surface area (Å²) in [5.74, 6) is 1.83. The van der Waals surface area contributed by atoms with Crippen molar-refractivity contribution in [3.8, 4) is 17.1 Å². The maximum atomic E-state index is 6.03. The van der Waals surface area contributed by atoms with E-state index < -0.39 is 0 Å². The van der Waals surface area contributed by atoms with Gasteiger partial charge in [0, 0.05) is 23.2 Å². The number of methoxy groups -OCH3 is 1. The van der Waals surface area contributed by atoms with E-state index in [1.165, 1.54) is 19.3 Å². The molecule has 0 aliphatic rings. The number of nitrogens with zero attached hydrogens (tertiary/aromatic N) is 2. The number of aryl methyl sites for hydroxylation is 1. The van der Waals surface area contributed by atoms with Crippen molar-refractivity contribution >= 4 is 22.6 Å². The van der Waals surface area contributed by atoms with Crippen LogP contribution in [-0.2, 0) is 6.54 Å². The molecular formula is C20H23ClN2O. The summed E-state index contributed by atoms with van der Waals surface area (Å²) in [5.41, 5.74) is 3.21. The van der Waals surface area contributed by atoms with Crippen molar-refractivity contribution in [2.24, 2.45) is 0 Å². The molecule has 0 saturated heterocycles. The van der Waals surface area contributed by atoms with Crippen molar-refractivity contribution in [3.63, 3.8) is 0 Å². The number of benzene rings is 2. The Morgan fingerprint density at radius 3 is 2.54 bits per heavy atom. The number of imidazole rings is 1. The van der Waals surface area contributed by atoms with Crippen molar-refractivity contribution in [1.82, 2.24) is 9.55 Å². The van der Waals surface area contributed by atoms with Gasteiger partial charge in [-0.3, -0.25) is 0 Å². The maximum absolute atomic E-state index is 6.03. The summed E-state index contributed by atoms with van der Waals surface area (Å²) < 4.78 is 7.65. The van der Waals surface area contributed by atoms with Gasteiger partial charge < -0.3 is 9.30 Å². The fraction of sp³-hybridized carbons (Fsp3) is 0.350. The van der Waals surface area contributed by atoms with E-state index in [0.29, 0.717) is 0 Å². The van der Waals surface area contributed by atoms with E-state index in [4.69, 9.17) is 21.3 Å². The zero-order valence-corrected chi connectivity index (χ0v) is 15.0. The molecule has 0 fully saturated rings. The Hall–Kier alpha value is -2.00. The number of ether oxygens (including phenoxy) is 1. The van der Waals surface area contributed by atoms with Gasteiger partial charge in [-0.1, -0.05) is 37.8 Å². The Morgan fingerprint density at radius 1 is 1.04 bits per heavy atom. The van der Waals surface area contributed by atoms with E-state index >= 15 is 0 Å². The van der Waals surface area contributed by atoms with E-state index in [0.717, 1.165) is 46.2 Å². The van der Waals surface area contributed by atoms with E-state index in [9.17, 15) is 0 Å². The third-order valence-electron chi connectivity index (χ3n) is 4.29. The Bertz CT molecular complexity index is 808. The van der Waals surface area contributed by atoms with Crippen LogP contribution in [0, 0.1) is 0 Å². The summed E-state index contributed by atoms with van der Waals surface area (Å²) >= 11 is 6.03. The number of rotatable bonds is 7. The third-order valence-corrected chi connectivity index (χ3v) is 4.55. The molecule has 3 nitrogen and oxygen atoms in total. The summed E-state index contributed by atoms with van der Waals surface area (Å²) in [7, 11) is 1.68. The minimum absolute atomic E-state index is 0.742. The van der Waals surface area contributed by atoms with Crippen LogP contribution in [0.15, 0.2) is 42.5 Å². The molecule has 0 atom stereocenters. The van der Waals surface area contributed by atoms with Crippen LogP contribution >= 0.6 is 11.6 Å². The lowest BCUT2D eigenvalue weighted by atomic mass is 10.2. The third kappa shape index (κ3) is 3.57. The average Bonchev–Trinajstić information content (AvgIpc) is 2.97. The average molecular weight is 343 g/mol. The summed E-state index contributed by atoms with van der Waals surface area (Å²) in [5, 5.41) is 0.742. The van der Waals surface area contributed by atoms with Crippen LogP contribution in [0.25, 0.3) is 22.4 Å². The molecule has 1 aromatic heterocycles. The van der Waals surface area contributed by atoms with Gasteiger partial charge in [0.1, 0.15) is 11.6 Å². The van der Waals surface area contributed by atoms with Gasteiger partial charge in [-0.15, -0.1) is 0 Å². The highest BCUT2D eigenvalue weighted by molar-refractivity contribution is 6.30. The van der Waals surface area contributed by atoms with Crippen molar-refractivity contribution in [3.05, 3.63) is 47.5 Å². The van der Waals surface area contributed by atoms with Crippen LogP contribution in [0.5, 0.6) is 5.75 Å². The van der Waals surface area contributed by atoms with Crippen molar-refractivity contribution in [2.45, 2.75) is 39.2 Å². The normalized spacial score (nSPS) is 11.1. The lowest BCUT2D eigenvalue weighted by Crippen LogP contribution is -2.01. The number of fused-ring (bicyclic) bond motifs is 1. The van der Waals surface area contributed by atoms with Gasteiger partial charge in [0.25, 0.3) is 0 Å². The zero-order chi connectivity index (χ0) is 16.9. The molecule has 24 heavy (non-hydrogen) atoms. The summed E-state index contributed by atoms with van der Waals surface area (Å²) in [6.45, 7) is 3.21. The van der Waals surface area contributed by atoms with Crippen molar-refractivity contribution < 1.29 is 4.74 Å². The highest BCUT2D eigenvalue weighted by Crippen LogP contribution is 2.28. The first kappa shape index (κ1) is 16.8. The Labute approximate surface area is 148 Å². The van der Waals surface area contributed by atoms with Crippen LogP contribution in [0.1, 0.15) is 32.6 Å². The Balaban J connectivity index is 2.02. The second-order valence-corrected chi connectivity index (χ2v) is 6.45. The molecule has 0 radical (unpaired) electrons. The predicted octanol–water partition coefficient (Wildman–Crippen LogP) is 5.95. The molecule has 0 unspecified atom stereocenters. The number of halogens is 1. The van der Waals surface area contributed by atoms with Crippen LogP contribution in [0.3, 0.4) is 0 Å². The van der Waals surface area contributed by atoms with Gasteiger partial charge in [0.15, 0.2) is 0 Å². The molecular weight excluding hydrogens is 320 g/mol. The highest BCUT2D eigenvalue weighted by atomic mass is 35.5. The first-order valence-electron chi connectivity index (χ1n) is 8.53. The minimum atomic E-state index is 0.742. The molecule has 0 bridgehead atoms. The van der Waals surface area contributed by atoms with Gasteiger partial charge in [-0.25, -0.2) is 4.98 Å². The second kappa shape index (κ2) is 7.71. The predicted molar refractivity (Wildman–Crippen MR) is 101 cm³/mol. The lowest BCUT2D eigenvalue weighted by Gasteiger charge is -2.09. The molecule has 1 heterocycles. The van der Waals surface area contributed by atoms with Gasteiger partial charge in [-0.05, 0) is 42.8 Å². The summed E-state index contributed by atoms with van der Waals surface area (Å²) in [6, 6.07) is 14.0. The van der Waals surface area contributed by atoms with Crippen molar-refractivity contribution in [2.75, 3.05) is 7.11 Å². The van der Waals surface area contributed by atoms with Gasteiger partial charge in [-0.2, -0.15) is 0 Å². The first-order valence-corrected chi connectivity index (χ1v) is 8.91. The molecule has 0 aliphatic heterocycles. The topological polar surface area (TPSA) is 27.1 Å². The van der Waals surface area contributed by atoms with Crippen molar-refractivity contribution in [1.29, 1.82) is 0 Å². The Kier molecular flexibility index (Phi) is 5.41. The smallest absolute Gasteiger partial charge is 0.141 e. The quantitative estimate of drug-likeness (QED) is 0.496. The molecule has 0 N–H and O–H groups in total. The second-order valence-electron chi connectivity index (χ2n) is 6.01. The number of aromatic nitrogens is 2. The molecule has 0 spiro atoms. The monoisotopic (exact) mass is 342 g/mol. The van der Waals surface area contributed by atoms with Gasteiger partial charge in [0.05, 0.1) is 18.1 Å². The van der Waals surface area contributed by atoms with E-state index in [-0.39, 0.29) is 0 Å². The summed E-state index contributed by atoms with van der Waals surface area (Å²) in [6.07, 6.45) is 4.92. The number of hydrogen-bond acceptors (Lipinski definition) is 2. The van der Waals surface area contributed by atoms with Gasteiger partial charge >= 0.3 is 0 Å². The fourth-order valence-electron chi connectivity index (χ4n) is 2.98. The number of unbranched alkanes of at least 4 members (excludes halogenated alkanes) is 3. The van der Waals surface area contributed by atoms with Crippen LogP contribution < -0.4 is 4.74 Å². The van der Waals surface area contributed by atoms with E-state index in [1.807, 2.05) is 36.4 Å². The van der Waals surface area contributed by atoms with Gasteiger partial charge in [0.2, 0.25) is 0 Å². The standard InChI is InChI=1S/C20H23ClN2O/c1-3-4-5-6-13-23-19-12-11-17(24-2)14-18(19)22-20(23)15-7-9-16(21)10-8-15/h7-12,14H,3-6,13H2,1-2H3. The molecule has 4 heteroatoms. The molecule has 0 amide bonds. The largest absolute Gasteiger partial charge is 0.497 e. The molecule has 126 valence electrons. The van der Waals surface area contributed by atoms with Crippen LogP contribution in [0.2, 0.25) is 5.02 Å².